The van der Waals surface area contributed by atoms with E-state index in [1.54, 1.807) is 0 Å². The van der Waals surface area contributed by atoms with Crippen LogP contribution in [0.2, 0.25) is 0 Å². The highest BCUT2D eigenvalue weighted by molar-refractivity contribution is 5.79. The molecule has 0 unspecified atom stereocenters. The molecular weight excluding hydrogens is 228 g/mol. The van der Waals surface area contributed by atoms with E-state index in [0.717, 1.165) is 24.8 Å². The molecule has 1 aliphatic rings. The van der Waals surface area contributed by atoms with Gasteiger partial charge in [0, 0.05) is 0 Å². The topological polar surface area (TPSA) is 38.8 Å². The molecule has 0 saturated carbocycles. The zero-order chi connectivity index (χ0) is 13.0. The lowest BCUT2D eigenvalue weighted by Crippen LogP contribution is -2.19. The molecule has 2 atom stereocenters. The summed E-state index contributed by atoms with van der Waals surface area (Å²) < 4.78 is 10.8. The molecule has 0 radical (unpaired) electrons. The van der Waals surface area contributed by atoms with Crippen molar-refractivity contribution < 1.29 is 14.3 Å². The second-order valence-corrected chi connectivity index (χ2v) is 4.85. The Labute approximate surface area is 108 Å². The van der Waals surface area contributed by atoms with Gasteiger partial charge in [-0.05, 0) is 18.9 Å². The van der Waals surface area contributed by atoms with Gasteiger partial charge < -0.3 is 9.47 Å². The Morgan fingerprint density at radius 2 is 2.06 bits per heavy atom. The van der Waals surface area contributed by atoms with E-state index in [1.165, 1.54) is 0 Å². The Hall–Kier alpha value is -1.35. The van der Waals surface area contributed by atoms with Crippen molar-refractivity contribution in [3.63, 3.8) is 0 Å². The third-order valence-electron chi connectivity index (χ3n) is 3.36. The molecule has 1 saturated heterocycles. The van der Waals surface area contributed by atoms with E-state index in [2.05, 4.69) is 6.92 Å². The standard InChI is InChI=1S/C15H20O3/c1-3-4-8-11-17-14(16)13-15(2,18-13)12-9-6-5-7-10-12/h5-7,9-10,13H,3-4,8,11H2,1-2H3/t13-,15+/m1/s1. The first-order valence-electron chi connectivity index (χ1n) is 6.58. The maximum absolute atomic E-state index is 11.8. The van der Waals surface area contributed by atoms with Crippen molar-refractivity contribution in [2.75, 3.05) is 6.61 Å². The molecule has 1 aliphatic heterocycles. The van der Waals surface area contributed by atoms with Gasteiger partial charge in [-0.1, -0.05) is 50.1 Å². The minimum atomic E-state index is -0.497. The van der Waals surface area contributed by atoms with Gasteiger partial charge in [0.05, 0.1) is 6.61 Å². The Morgan fingerprint density at radius 3 is 2.72 bits per heavy atom. The molecule has 0 aliphatic carbocycles. The van der Waals surface area contributed by atoms with Gasteiger partial charge in [-0.15, -0.1) is 0 Å². The number of hydrogen-bond acceptors (Lipinski definition) is 3. The number of esters is 1. The number of unbranched alkanes of at least 4 members (excludes halogenated alkanes) is 2. The SMILES string of the molecule is CCCCCOC(=O)[C@H]1O[C@@]1(C)c1ccccc1. The van der Waals surface area contributed by atoms with E-state index in [-0.39, 0.29) is 5.97 Å². The summed E-state index contributed by atoms with van der Waals surface area (Å²) in [5, 5.41) is 0. The maximum atomic E-state index is 11.8. The van der Waals surface area contributed by atoms with Crippen LogP contribution in [-0.2, 0) is 19.9 Å². The minimum absolute atomic E-state index is 0.238. The van der Waals surface area contributed by atoms with Crippen molar-refractivity contribution in [1.29, 1.82) is 0 Å². The average molecular weight is 248 g/mol. The highest BCUT2D eigenvalue weighted by Gasteiger charge is 2.59. The fourth-order valence-corrected chi connectivity index (χ4v) is 2.07. The maximum Gasteiger partial charge on any atom is 0.338 e. The van der Waals surface area contributed by atoms with Crippen LogP contribution in [0.1, 0.15) is 38.7 Å². The van der Waals surface area contributed by atoms with E-state index < -0.39 is 11.7 Å². The van der Waals surface area contributed by atoms with Gasteiger partial charge in [0.1, 0.15) is 5.60 Å². The summed E-state index contributed by atoms with van der Waals surface area (Å²) in [6, 6.07) is 9.81. The zero-order valence-electron chi connectivity index (χ0n) is 11.0. The van der Waals surface area contributed by atoms with Gasteiger partial charge >= 0.3 is 5.97 Å². The van der Waals surface area contributed by atoms with Gasteiger partial charge in [-0.2, -0.15) is 0 Å². The predicted molar refractivity (Wildman–Crippen MR) is 69.2 cm³/mol. The van der Waals surface area contributed by atoms with Crippen molar-refractivity contribution in [3.8, 4) is 0 Å². The van der Waals surface area contributed by atoms with Crippen LogP contribution in [0.25, 0.3) is 0 Å². The van der Waals surface area contributed by atoms with E-state index in [4.69, 9.17) is 9.47 Å². The molecule has 0 N–H and O–H groups in total. The second-order valence-electron chi connectivity index (χ2n) is 4.85. The Balaban J connectivity index is 1.84. The lowest BCUT2D eigenvalue weighted by atomic mass is 9.97. The lowest BCUT2D eigenvalue weighted by Gasteiger charge is -2.06. The van der Waals surface area contributed by atoms with Crippen molar-refractivity contribution in [3.05, 3.63) is 35.9 Å². The second kappa shape index (κ2) is 5.53. The van der Waals surface area contributed by atoms with Crippen LogP contribution < -0.4 is 0 Å². The summed E-state index contributed by atoms with van der Waals surface area (Å²) in [6.07, 6.45) is 2.70. The fourth-order valence-electron chi connectivity index (χ4n) is 2.07. The monoisotopic (exact) mass is 248 g/mol. The fraction of sp³-hybridized carbons (Fsp3) is 0.533. The van der Waals surface area contributed by atoms with Crippen LogP contribution in [0.4, 0.5) is 0 Å². The molecule has 2 rings (SSSR count). The smallest absolute Gasteiger partial charge is 0.338 e. The number of rotatable bonds is 6. The van der Waals surface area contributed by atoms with Crippen LogP contribution in [0.3, 0.4) is 0 Å². The molecule has 3 nitrogen and oxygen atoms in total. The van der Waals surface area contributed by atoms with Crippen molar-refractivity contribution in [1.82, 2.24) is 0 Å². The van der Waals surface area contributed by atoms with Crippen LogP contribution in [-0.4, -0.2) is 18.7 Å². The lowest BCUT2D eigenvalue weighted by molar-refractivity contribution is -0.145. The molecule has 0 amide bonds. The number of carbonyl (C=O) groups is 1. The van der Waals surface area contributed by atoms with Crippen LogP contribution >= 0.6 is 0 Å². The summed E-state index contributed by atoms with van der Waals surface area (Å²) in [6.45, 7) is 4.55. The molecule has 18 heavy (non-hydrogen) atoms. The minimum Gasteiger partial charge on any atom is -0.464 e. The predicted octanol–water partition coefficient (Wildman–Crippen LogP) is 3.03. The first-order valence-corrected chi connectivity index (χ1v) is 6.58. The van der Waals surface area contributed by atoms with Crippen molar-refractivity contribution >= 4 is 5.97 Å². The molecule has 1 heterocycles. The largest absolute Gasteiger partial charge is 0.464 e. The highest BCUT2D eigenvalue weighted by atomic mass is 16.7. The molecule has 98 valence electrons. The Bertz CT molecular complexity index is 401. The third kappa shape index (κ3) is 2.72. The Morgan fingerprint density at radius 1 is 1.33 bits per heavy atom. The first kappa shape index (κ1) is 13.1. The highest BCUT2D eigenvalue weighted by Crippen LogP contribution is 2.46. The number of hydrogen-bond donors (Lipinski definition) is 0. The Kier molecular flexibility index (Phi) is 4.02. The van der Waals surface area contributed by atoms with Gasteiger partial charge in [0.25, 0.3) is 0 Å². The van der Waals surface area contributed by atoms with Gasteiger partial charge in [0.15, 0.2) is 6.10 Å². The van der Waals surface area contributed by atoms with Gasteiger partial charge in [-0.25, -0.2) is 4.79 Å². The van der Waals surface area contributed by atoms with Crippen LogP contribution in [0.15, 0.2) is 30.3 Å². The summed E-state index contributed by atoms with van der Waals surface area (Å²) in [7, 11) is 0. The first-order chi connectivity index (χ1) is 8.68. The molecule has 1 fully saturated rings. The number of epoxide rings is 1. The zero-order valence-corrected chi connectivity index (χ0v) is 11.0. The molecule has 0 aromatic heterocycles. The molecule has 1 aromatic carbocycles. The molecule has 0 bridgehead atoms. The number of carbonyl (C=O) groups excluding carboxylic acids is 1. The summed E-state index contributed by atoms with van der Waals surface area (Å²) >= 11 is 0. The van der Waals surface area contributed by atoms with E-state index in [0.29, 0.717) is 6.61 Å². The molecular formula is C15H20O3. The van der Waals surface area contributed by atoms with Crippen molar-refractivity contribution in [2.45, 2.75) is 44.8 Å². The van der Waals surface area contributed by atoms with E-state index >= 15 is 0 Å². The molecule has 0 spiro atoms. The number of benzene rings is 1. The summed E-state index contributed by atoms with van der Waals surface area (Å²) in [5.74, 6) is -0.238. The third-order valence-corrected chi connectivity index (χ3v) is 3.36. The normalized spacial score (nSPS) is 25.8. The molecule has 3 heteroatoms. The quantitative estimate of drug-likeness (QED) is 0.441. The number of ether oxygens (including phenoxy) is 2. The van der Waals surface area contributed by atoms with Crippen LogP contribution in [0, 0.1) is 0 Å². The van der Waals surface area contributed by atoms with Crippen LogP contribution in [0.5, 0.6) is 0 Å². The molecule has 1 aromatic rings. The van der Waals surface area contributed by atoms with Gasteiger partial charge in [-0.3, -0.25) is 0 Å². The van der Waals surface area contributed by atoms with Crippen molar-refractivity contribution in [2.24, 2.45) is 0 Å². The van der Waals surface area contributed by atoms with Gasteiger partial charge in [0.2, 0.25) is 0 Å². The average Bonchev–Trinajstić information content (AvgIpc) is 3.10. The summed E-state index contributed by atoms with van der Waals surface area (Å²) in [5.41, 5.74) is 0.531. The summed E-state index contributed by atoms with van der Waals surface area (Å²) in [4.78, 5) is 11.8. The van der Waals surface area contributed by atoms with E-state index in [9.17, 15) is 4.79 Å². The van der Waals surface area contributed by atoms with E-state index in [1.807, 2.05) is 37.3 Å².